The van der Waals surface area contributed by atoms with Gasteiger partial charge in [0, 0.05) is 6.04 Å². The van der Waals surface area contributed by atoms with E-state index in [0.29, 0.717) is 6.04 Å². The Morgan fingerprint density at radius 1 is 1.36 bits per heavy atom. The first-order valence-corrected chi connectivity index (χ1v) is 5.61. The number of hydrogen-bond acceptors (Lipinski definition) is 2. The van der Waals surface area contributed by atoms with Crippen LogP contribution >= 0.6 is 0 Å². The normalized spacial score (nSPS) is 35.2. The molecule has 0 amide bonds. The molecule has 1 N–H and O–H groups in total. The second-order valence-corrected chi connectivity index (χ2v) is 4.80. The van der Waals surface area contributed by atoms with E-state index in [-0.39, 0.29) is 5.92 Å². The van der Waals surface area contributed by atoms with E-state index in [0.717, 1.165) is 25.3 Å². The number of aliphatic carboxylic acids is 1. The van der Waals surface area contributed by atoms with Crippen molar-refractivity contribution < 1.29 is 9.90 Å². The first-order chi connectivity index (χ1) is 6.68. The molecule has 0 aromatic carbocycles. The molecule has 0 radical (unpaired) electrons. The molecule has 0 bridgehead atoms. The second-order valence-electron chi connectivity index (χ2n) is 4.80. The SMILES string of the molecule is CN1CCC(C(=O)O)CC1C1CCC1. The van der Waals surface area contributed by atoms with E-state index < -0.39 is 5.97 Å². The predicted octanol–water partition coefficient (Wildman–Crippen LogP) is 1.58. The summed E-state index contributed by atoms with van der Waals surface area (Å²) in [5, 5.41) is 9.00. The zero-order chi connectivity index (χ0) is 10.1. The van der Waals surface area contributed by atoms with Gasteiger partial charge in [-0.25, -0.2) is 0 Å². The summed E-state index contributed by atoms with van der Waals surface area (Å²) < 4.78 is 0. The third-order valence-corrected chi connectivity index (χ3v) is 3.97. The average Bonchev–Trinajstić information content (AvgIpc) is 2.05. The van der Waals surface area contributed by atoms with Crippen LogP contribution in [0.25, 0.3) is 0 Å². The molecule has 0 spiro atoms. The number of rotatable bonds is 2. The summed E-state index contributed by atoms with van der Waals surface area (Å²) in [6.45, 7) is 0.956. The van der Waals surface area contributed by atoms with Crippen molar-refractivity contribution in [2.24, 2.45) is 11.8 Å². The van der Waals surface area contributed by atoms with E-state index in [1.165, 1.54) is 19.3 Å². The molecule has 0 aromatic heterocycles. The molecule has 1 saturated carbocycles. The van der Waals surface area contributed by atoms with Gasteiger partial charge in [-0.1, -0.05) is 6.42 Å². The summed E-state index contributed by atoms with van der Waals surface area (Å²) in [7, 11) is 2.14. The minimum atomic E-state index is -0.595. The van der Waals surface area contributed by atoms with Crippen LogP contribution in [0.15, 0.2) is 0 Å². The topological polar surface area (TPSA) is 40.5 Å². The summed E-state index contributed by atoms with van der Waals surface area (Å²) in [5.74, 6) is 0.0985. The molecule has 80 valence electrons. The summed E-state index contributed by atoms with van der Waals surface area (Å²) in [6.07, 6.45) is 5.65. The predicted molar refractivity (Wildman–Crippen MR) is 54.1 cm³/mol. The molecule has 3 nitrogen and oxygen atoms in total. The Balaban J connectivity index is 1.95. The van der Waals surface area contributed by atoms with E-state index in [9.17, 15) is 4.79 Å². The van der Waals surface area contributed by atoms with Crippen molar-refractivity contribution >= 4 is 5.97 Å². The van der Waals surface area contributed by atoms with Gasteiger partial charge >= 0.3 is 5.97 Å². The highest BCUT2D eigenvalue weighted by Crippen LogP contribution is 2.37. The van der Waals surface area contributed by atoms with Crippen LogP contribution in [0.4, 0.5) is 0 Å². The van der Waals surface area contributed by atoms with Crippen molar-refractivity contribution in [3.8, 4) is 0 Å². The van der Waals surface area contributed by atoms with Crippen molar-refractivity contribution in [1.29, 1.82) is 0 Å². The molecule has 2 aliphatic rings. The highest BCUT2D eigenvalue weighted by molar-refractivity contribution is 5.70. The van der Waals surface area contributed by atoms with Crippen LogP contribution in [-0.2, 0) is 4.79 Å². The molecule has 14 heavy (non-hydrogen) atoms. The van der Waals surface area contributed by atoms with Crippen molar-refractivity contribution in [2.75, 3.05) is 13.6 Å². The monoisotopic (exact) mass is 197 g/mol. The molecular formula is C11H19NO2. The van der Waals surface area contributed by atoms with E-state index in [1.54, 1.807) is 0 Å². The van der Waals surface area contributed by atoms with Gasteiger partial charge in [0.2, 0.25) is 0 Å². The summed E-state index contributed by atoms with van der Waals surface area (Å²) in [4.78, 5) is 13.3. The molecule has 2 rings (SSSR count). The minimum absolute atomic E-state index is 0.0863. The maximum Gasteiger partial charge on any atom is 0.306 e. The first-order valence-electron chi connectivity index (χ1n) is 5.61. The molecule has 1 aliphatic heterocycles. The van der Waals surface area contributed by atoms with Crippen LogP contribution < -0.4 is 0 Å². The fourth-order valence-electron chi connectivity index (χ4n) is 2.72. The van der Waals surface area contributed by atoms with Crippen LogP contribution in [0.2, 0.25) is 0 Å². The van der Waals surface area contributed by atoms with E-state index >= 15 is 0 Å². The standard InChI is InChI=1S/C11H19NO2/c1-12-6-5-9(11(13)14)7-10(12)8-3-2-4-8/h8-10H,2-7H2,1H3,(H,13,14). The maximum atomic E-state index is 10.9. The molecule has 2 unspecified atom stereocenters. The lowest BCUT2D eigenvalue weighted by atomic mass is 9.74. The Labute approximate surface area is 85.1 Å². The average molecular weight is 197 g/mol. The van der Waals surface area contributed by atoms with Gasteiger partial charge in [0.05, 0.1) is 5.92 Å². The van der Waals surface area contributed by atoms with Crippen molar-refractivity contribution in [3.63, 3.8) is 0 Å². The second kappa shape index (κ2) is 3.89. The lowest BCUT2D eigenvalue weighted by Gasteiger charge is -2.43. The fourth-order valence-corrected chi connectivity index (χ4v) is 2.72. The Bertz CT molecular complexity index is 223. The summed E-state index contributed by atoms with van der Waals surface area (Å²) >= 11 is 0. The number of hydrogen-bond donors (Lipinski definition) is 1. The number of carboxylic acid groups (broad SMARTS) is 1. The summed E-state index contributed by atoms with van der Waals surface area (Å²) in [5.41, 5.74) is 0. The lowest BCUT2D eigenvalue weighted by molar-refractivity contribution is -0.144. The van der Waals surface area contributed by atoms with Crippen molar-refractivity contribution in [1.82, 2.24) is 4.90 Å². The molecule has 1 aliphatic carbocycles. The Morgan fingerprint density at radius 2 is 2.07 bits per heavy atom. The van der Waals surface area contributed by atoms with Gasteiger partial charge in [-0.05, 0) is 45.2 Å². The smallest absolute Gasteiger partial charge is 0.306 e. The van der Waals surface area contributed by atoms with Crippen molar-refractivity contribution in [3.05, 3.63) is 0 Å². The zero-order valence-corrected chi connectivity index (χ0v) is 8.78. The van der Waals surface area contributed by atoms with Gasteiger partial charge in [0.1, 0.15) is 0 Å². The number of nitrogens with zero attached hydrogens (tertiary/aromatic N) is 1. The van der Waals surface area contributed by atoms with Gasteiger partial charge < -0.3 is 10.0 Å². The molecule has 0 aromatic rings. The first kappa shape index (κ1) is 9.97. The van der Waals surface area contributed by atoms with Crippen LogP contribution in [0, 0.1) is 11.8 Å². The Morgan fingerprint density at radius 3 is 2.57 bits per heavy atom. The molecule has 2 atom stereocenters. The van der Waals surface area contributed by atoms with Gasteiger partial charge in [0.15, 0.2) is 0 Å². The number of carbonyl (C=O) groups is 1. The van der Waals surface area contributed by atoms with Crippen LogP contribution in [0.5, 0.6) is 0 Å². The Hall–Kier alpha value is -0.570. The third-order valence-electron chi connectivity index (χ3n) is 3.97. The minimum Gasteiger partial charge on any atom is -0.481 e. The van der Waals surface area contributed by atoms with Gasteiger partial charge in [-0.3, -0.25) is 4.79 Å². The maximum absolute atomic E-state index is 10.9. The van der Waals surface area contributed by atoms with Crippen LogP contribution in [0.1, 0.15) is 32.1 Å². The number of piperidine rings is 1. The molecule has 1 saturated heterocycles. The zero-order valence-electron chi connectivity index (χ0n) is 8.78. The lowest BCUT2D eigenvalue weighted by Crippen LogP contribution is -2.47. The van der Waals surface area contributed by atoms with E-state index in [4.69, 9.17) is 5.11 Å². The summed E-state index contributed by atoms with van der Waals surface area (Å²) in [6, 6.07) is 0.540. The van der Waals surface area contributed by atoms with E-state index in [1.807, 2.05) is 0 Å². The Kier molecular flexibility index (Phi) is 2.77. The van der Waals surface area contributed by atoms with Gasteiger partial charge in [-0.15, -0.1) is 0 Å². The van der Waals surface area contributed by atoms with Crippen LogP contribution in [-0.4, -0.2) is 35.6 Å². The molecule has 3 heteroatoms. The fraction of sp³-hybridized carbons (Fsp3) is 0.909. The number of likely N-dealkylation sites (tertiary alicyclic amines) is 1. The number of carboxylic acids is 1. The van der Waals surface area contributed by atoms with Gasteiger partial charge in [-0.2, -0.15) is 0 Å². The highest BCUT2D eigenvalue weighted by atomic mass is 16.4. The third kappa shape index (κ3) is 1.78. The highest BCUT2D eigenvalue weighted by Gasteiger charge is 2.36. The van der Waals surface area contributed by atoms with Crippen molar-refractivity contribution in [2.45, 2.75) is 38.1 Å². The largest absolute Gasteiger partial charge is 0.481 e. The van der Waals surface area contributed by atoms with Crippen LogP contribution in [0.3, 0.4) is 0 Å². The molecule has 1 heterocycles. The molecule has 2 fully saturated rings. The van der Waals surface area contributed by atoms with E-state index in [2.05, 4.69) is 11.9 Å². The quantitative estimate of drug-likeness (QED) is 0.730. The van der Waals surface area contributed by atoms with Gasteiger partial charge in [0.25, 0.3) is 0 Å². The molecular weight excluding hydrogens is 178 g/mol.